The molecule has 4 heteroatoms. The summed E-state index contributed by atoms with van der Waals surface area (Å²) in [6.45, 7) is 9.84. The molecule has 0 spiro atoms. The lowest BCUT2D eigenvalue weighted by atomic mass is 9.83. The Kier molecular flexibility index (Phi) is 7.13. The molecule has 1 heterocycles. The highest BCUT2D eigenvalue weighted by Gasteiger charge is 2.32. The van der Waals surface area contributed by atoms with E-state index in [1.807, 2.05) is 12.3 Å². The summed E-state index contributed by atoms with van der Waals surface area (Å²) in [7, 11) is 1.80. The summed E-state index contributed by atoms with van der Waals surface area (Å²) in [4.78, 5) is 4.48. The van der Waals surface area contributed by atoms with Gasteiger partial charge in [0.05, 0.1) is 6.10 Å². The van der Waals surface area contributed by atoms with Gasteiger partial charge in [-0.25, -0.2) is 0 Å². The highest BCUT2D eigenvalue weighted by atomic mass is 79.9. The van der Waals surface area contributed by atoms with E-state index in [2.05, 4.69) is 60.0 Å². The molecule has 0 bridgehead atoms. The molecule has 1 N–H and O–H groups in total. The van der Waals surface area contributed by atoms with Gasteiger partial charge in [0.25, 0.3) is 0 Å². The largest absolute Gasteiger partial charge is 0.379 e. The zero-order valence-electron chi connectivity index (χ0n) is 13.2. The molecule has 0 aliphatic rings. The first kappa shape index (κ1) is 17.6. The molecule has 0 aliphatic carbocycles. The number of aromatic nitrogens is 1. The Morgan fingerprint density at radius 2 is 2.05 bits per heavy atom. The maximum Gasteiger partial charge on any atom is 0.0776 e. The van der Waals surface area contributed by atoms with Crippen LogP contribution in [0.5, 0.6) is 0 Å². The Labute approximate surface area is 131 Å². The van der Waals surface area contributed by atoms with Crippen LogP contribution >= 0.6 is 15.9 Å². The van der Waals surface area contributed by atoms with Gasteiger partial charge >= 0.3 is 0 Å². The fourth-order valence-electron chi connectivity index (χ4n) is 2.49. The van der Waals surface area contributed by atoms with Gasteiger partial charge in [-0.3, -0.25) is 4.98 Å². The highest BCUT2D eigenvalue weighted by Crippen LogP contribution is 2.26. The minimum absolute atomic E-state index is 0.0928. The topological polar surface area (TPSA) is 34.2 Å². The van der Waals surface area contributed by atoms with Crippen molar-refractivity contribution >= 4 is 15.9 Å². The summed E-state index contributed by atoms with van der Waals surface area (Å²) in [5, 5.41) is 3.61. The second-order valence-corrected chi connectivity index (χ2v) is 7.17. The molecule has 0 saturated carbocycles. The highest BCUT2D eigenvalue weighted by molar-refractivity contribution is 9.10. The van der Waals surface area contributed by atoms with Crippen molar-refractivity contribution < 1.29 is 4.74 Å². The van der Waals surface area contributed by atoms with Crippen LogP contribution in [0.25, 0.3) is 0 Å². The van der Waals surface area contributed by atoms with Gasteiger partial charge in [-0.1, -0.05) is 27.7 Å². The van der Waals surface area contributed by atoms with Crippen LogP contribution in [0.15, 0.2) is 22.8 Å². The van der Waals surface area contributed by atoms with Gasteiger partial charge in [0.2, 0.25) is 0 Å². The van der Waals surface area contributed by atoms with E-state index in [1.165, 1.54) is 0 Å². The van der Waals surface area contributed by atoms with Gasteiger partial charge in [-0.2, -0.15) is 0 Å². The summed E-state index contributed by atoms with van der Waals surface area (Å²) in [5.41, 5.74) is 1.18. The third-order valence-electron chi connectivity index (χ3n) is 3.35. The maximum absolute atomic E-state index is 5.77. The monoisotopic (exact) mass is 342 g/mol. The average molecular weight is 343 g/mol. The first-order valence-corrected chi connectivity index (χ1v) is 8.04. The predicted molar refractivity (Wildman–Crippen MR) is 88.0 cm³/mol. The van der Waals surface area contributed by atoms with E-state index in [0.717, 1.165) is 29.6 Å². The molecule has 2 atom stereocenters. The molecule has 0 aliphatic heterocycles. The molecule has 20 heavy (non-hydrogen) atoms. The fraction of sp³-hybridized carbons (Fsp3) is 0.688. The Balaban J connectivity index is 2.84. The maximum atomic E-state index is 5.77. The number of nitrogens with one attached hydrogen (secondary N) is 1. The van der Waals surface area contributed by atoms with Gasteiger partial charge < -0.3 is 10.1 Å². The van der Waals surface area contributed by atoms with Crippen molar-refractivity contribution in [3.8, 4) is 0 Å². The van der Waals surface area contributed by atoms with Crippen LogP contribution in [0.2, 0.25) is 0 Å². The number of methoxy groups -OCH3 is 1. The summed E-state index contributed by atoms with van der Waals surface area (Å²) in [5.74, 6) is 0. The Morgan fingerprint density at radius 3 is 2.50 bits per heavy atom. The van der Waals surface area contributed by atoms with Crippen molar-refractivity contribution in [2.45, 2.75) is 52.7 Å². The fourth-order valence-corrected chi connectivity index (χ4v) is 2.72. The number of halogens is 1. The molecular formula is C16H27BrN2O. The minimum atomic E-state index is 0.0928. The Bertz CT molecular complexity index is 386. The third-order valence-corrected chi connectivity index (χ3v) is 3.82. The van der Waals surface area contributed by atoms with E-state index in [4.69, 9.17) is 4.74 Å². The number of hydrogen-bond acceptors (Lipinski definition) is 3. The minimum Gasteiger partial charge on any atom is -0.379 e. The molecule has 114 valence electrons. The van der Waals surface area contributed by atoms with Crippen molar-refractivity contribution in [1.29, 1.82) is 0 Å². The zero-order chi connectivity index (χ0) is 15.2. The van der Waals surface area contributed by atoms with E-state index >= 15 is 0 Å². The normalized spacial score (nSPS) is 15.1. The van der Waals surface area contributed by atoms with E-state index in [0.29, 0.717) is 0 Å². The molecule has 1 aromatic rings. The van der Waals surface area contributed by atoms with E-state index in [-0.39, 0.29) is 17.6 Å². The van der Waals surface area contributed by atoms with Crippen molar-refractivity contribution in [3.05, 3.63) is 28.5 Å². The van der Waals surface area contributed by atoms with Crippen molar-refractivity contribution in [3.63, 3.8) is 0 Å². The quantitative estimate of drug-likeness (QED) is 0.817. The van der Waals surface area contributed by atoms with Crippen molar-refractivity contribution in [1.82, 2.24) is 10.3 Å². The number of pyridine rings is 1. The lowest BCUT2D eigenvalue weighted by molar-refractivity contribution is -0.0111. The van der Waals surface area contributed by atoms with Gasteiger partial charge in [0.15, 0.2) is 0 Å². The van der Waals surface area contributed by atoms with Gasteiger partial charge in [-0.05, 0) is 46.4 Å². The molecule has 0 radical (unpaired) electrons. The SMILES string of the molecule is CCCNC(Cc1ccc(Br)cn1)C(OC)C(C)(C)C. The first-order chi connectivity index (χ1) is 9.38. The summed E-state index contributed by atoms with van der Waals surface area (Å²) in [6, 6.07) is 4.38. The van der Waals surface area contributed by atoms with E-state index < -0.39 is 0 Å². The van der Waals surface area contributed by atoms with Crippen LogP contribution in [0, 0.1) is 5.41 Å². The zero-order valence-corrected chi connectivity index (χ0v) is 14.8. The average Bonchev–Trinajstić information content (AvgIpc) is 2.37. The molecule has 1 aromatic heterocycles. The smallest absolute Gasteiger partial charge is 0.0776 e. The van der Waals surface area contributed by atoms with Gasteiger partial charge in [0.1, 0.15) is 0 Å². The van der Waals surface area contributed by atoms with Crippen LogP contribution in [0.1, 0.15) is 39.8 Å². The van der Waals surface area contributed by atoms with Crippen LogP contribution in [0.3, 0.4) is 0 Å². The second kappa shape index (κ2) is 8.11. The molecule has 0 saturated heterocycles. The number of rotatable bonds is 7. The first-order valence-electron chi connectivity index (χ1n) is 7.25. The third kappa shape index (κ3) is 5.51. The van der Waals surface area contributed by atoms with E-state index in [1.54, 1.807) is 7.11 Å². The van der Waals surface area contributed by atoms with Crippen LogP contribution < -0.4 is 5.32 Å². The van der Waals surface area contributed by atoms with Gasteiger partial charge in [-0.15, -0.1) is 0 Å². The van der Waals surface area contributed by atoms with Gasteiger partial charge in [0, 0.05) is 35.9 Å². The van der Waals surface area contributed by atoms with Crippen molar-refractivity contribution in [2.75, 3.05) is 13.7 Å². The molecule has 0 aromatic carbocycles. The molecule has 2 unspecified atom stereocenters. The Hall–Kier alpha value is -0.450. The Morgan fingerprint density at radius 1 is 1.35 bits per heavy atom. The van der Waals surface area contributed by atoms with Crippen LogP contribution in [-0.2, 0) is 11.2 Å². The van der Waals surface area contributed by atoms with Crippen molar-refractivity contribution in [2.24, 2.45) is 5.41 Å². The van der Waals surface area contributed by atoms with Crippen LogP contribution in [-0.4, -0.2) is 30.8 Å². The number of ether oxygens (including phenoxy) is 1. The lowest BCUT2D eigenvalue weighted by Crippen LogP contribution is -2.49. The standard InChI is InChI=1S/C16H27BrN2O/c1-6-9-18-14(15(20-5)16(2,3)4)10-13-8-7-12(17)11-19-13/h7-8,11,14-15,18H,6,9-10H2,1-5H3. The second-order valence-electron chi connectivity index (χ2n) is 6.25. The molecule has 1 rings (SSSR count). The summed E-state index contributed by atoms with van der Waals surface area (Å²) in [6.07, 6.45) is 4.00. The molecule has 0 fully saturated rings. The lowest BCUT2D eigenvalue weighted by Gasteiger charge is -2.36. The number of hydrogen-bond donors (Lipinski definition) is 1. The number of nitrogens with zero attached hydrogens (tertiary/aromatic N) is 1. The molecule has 3 nitrogen and oxygen atoms in total. The molecular weight excluding hydrogens is 316 g/mol. The molecule has 0 amide bonds. The summed E-state index contributed by atoms with van der Waals surface area (Å²) >= 11 is 3.43. The summed E-state index contributed by atoms with van der Waals surface area (Å²) < 4.78 is 6.78. The predicted octanol–water partition coefficient (Wildman–Crippen LogP) is 3.82. The van der Waals surface area contributed by atoms with Crippen LogP contribution in [0.4, 0.5) is 0 Å². The van der Waals surface area contributed by atoms with E-state index in [9.17, 15) is 0 Å².